The van der Waals surface area contributed by atoms with E-state index in [1.807, 2.05) is 23.1 Å². The van der Waals surface area contributed by atoms with E-state index in [2.05, 4.69) is 10.1 Å². The van der Waals surface area contributed by atoms with Crippen molar-refractivity contribution >= 4 is 17.3 Å². The van der Waals surface area contributed by atoms with Crippen LogP contribution in [0.2, 0.25) is 0 Å². The van der Waals surface area contributed by atoms with Crippen LogP contribution in [0.3, 0.4) is 0 Å². The van der Waals surface area contributed by atoms with E-state index in [-0.39, 0.29) is 23.7 Å². The topological polar surface area (TPSA) is 61.8 Å². The number of aryl methyl sites for hydroxylation is 1. The van der Waals surface area contributed by atoms with E-state index in [0.29, 0.717) is 38.0 Å². The second-order valence-corrected chi connectivity index (χ2v) is 8.14. The molecule has 1 atom stereocenters. The Kier molecular flexibility index (Phi) is 6.09. The molecule has 0 saturated carbocycles. The number of halogens is 3. The molecule has 2 aliphatic rings. The number of fused-ring (bicyclic) bond motifs is 1. The maximum atomic E-state index is 12.9. The normalized spacial score (nSPS) is 19.6. The summed E-state index contributed by atoms with van der Waals surface area (Å²) in [7, 11) is 0. The predicted molar refractivity (Wildman–Crippen MR) is 111 cm³/mol. The number of ether oxygens (including phenoxy) is 1. The molecule has 2 aromatic rings. The smallest absolute Gasteiger partial charge is 0.406 e. The third-order valence-electron chi connectivity index (χ3n) is 6.00. The van der Waals surface area contributed by atoms with E-state index in [4.69, 9.17) is 0 Å². The Hall–Kier alpha value is -2.74. The SMILES string of the molecule is O=C(Nc1cccc2c1CC(O)CC2)C1CCN(c2cccc(OC(F)(F)F)c2)CC1. The van der Waals surface area contributed by atoms with Gasteiger partial charge in [-0.2, -0.15) is 0 Å². The third-order valence-corrected chi connectivity index (χ3v) is 6.00. The van der Waals surface area contributed by atoms with Gasteiger partial charge in [0.15, 0.2) is 0 Å². The Morgan fingerprint density at radius 1 is 1.10 bits per heavy atom. The van der Waals surface area contributed by atoms with Crippen LogP contribution >= 0.6 is 0 Å². The molecule has 166 valence electrons. The van der Waals surface area contributed by atoms with Crippen molar-refractivity contribution in [3.05, 3.63) is 53.6 Å². The number of anilines is 2. The van der Waals surface area contributed by atoms with Crippen LogP contribution in [0.5, 0.6) is 5.75 Å². The summed E-state index contributed by atoms with van der Waals surface area (Å²) < 4.78 is 41.4. The number of hydrogen-bond acceptors (Lipinski definition) is 4. The number of aliphatic hydroxyl groups excluding tert-OH is 1. The summed E-state index contributed by atoms with van der Waals surface area (Å²) in [5, 5.41) is 13.0. The van der Waals surface area contributed by atoms with Crippen LogP contribution in [0.15, 0.2) is 42.5 Å². The Labute approximate surface area is 178 Å². The van der Waals surface area contributed by atoms with Gasteiger partial charge in [-0.05, 0) is 55.0 Å². The molecule has 5 nitrogen and oxygen atoms in total. The number of hydrogen-bond donors (Lipinski definition) is 2. The molecule has 0 spiro atoms. The fourth-order valence-electron chi connectivity index (χ4n) is 4.40. The molecule has 0 bridgehead atoms. The monoisotopic (exact) mass is 434 g/mol. The van der Waals surface area contributed by atoms with Crippen LogP contribution in [-0.2, 0) is 17.6 Å². The molecule has 1 aliphatic heterocycles. The first-order valence-electron chi connectivity index (χ1n) is 10.5. The zero-order valence-electron chi connectivity index (χ0n) is 17.0. The van der Waals surface area contributed by atoms with Crippen molar-refractivity contribution in [3.63, 3.8) is 0 Å². The lowest BCUT2D eigenvalue weighted by Gasteiger charge is -2.33. The highest BCUT2D eigenvalue weighted by atomic mass is 19.4. The molecule has 31 heavy (non-hydrogen) atoms. The first-order valence-corrected chi connectivity index (χ1v) is 10.5. The largest absolute Gasteiger partial charge is 0.573 e. The van der Waals surface area contributed by atoms with Gasteiger partial charge in [-0.15, -0.1) is 13.2 Å². The number of carbonyl (C=O) groups excluding carboxylic acids is 1. The van der Waals surface area contributed by atoms with Crippen LogP contribution in [0.25, 0.3) is 0 Å². The molecule has 8 heteroatoms. The molecule has 0 aromatic heterocycles. The highest BCUT2D eigenvalue weighted by Gasteiger charge is 2.32. The van der Waals surface area contributed by atoms with Gasteiger partial charge in [0.1, 0.15) is 5.75 Å². The predicted octanol–water partition coefficient (Wildman–Crippen LogP) is 4.29. The Morgan fingerprint density at radius 2 is 1.84 bits per heavy atom. The van der Waals surface area contributed by atoms with E-state index in [1.54, 1.807) is 6.07 Å². The van der Waals surface area contributed by atoms with E-state index in [9.17, 15) is 23.1 Å². The lowest BCUT2D eigenvalue weighted by Crippen LogP contribution is -2.38. The minimum Gasteiger partial charge on any atom is -0.406 e. The van der Waals surface area contributed by atoms with Gasteiger partial charge in [0.2, 0.25) is 5.91 Å². The highest BCUT2D eigenvalue weighted by molar-refractivity contribution is 5.93. The zero-order valence-corrected chi connectivity index (χ0v) is 17.0. The van der Waals surface area contributed by atoms with Gasteiger partial charge >= 0.3 is 6.36 Å². The van der Waals surface area contributed by atoms with Crippen LogP contribution in [0.1, 0.15) is 30.4 Å². The van der Waals surface area contributed by atoms with E-state index < -0.39 is 6.36 Å². The van der Waals surface area contributed by atoms with Gasteiger partial charge < -0.3 is 20.1 Å². The standard InChI is InChI=1S/C23H25F3N2O3/c24-23(25,26)31-19-5-2-4-17(13-19)28-11-9-16(10-12-28)22(30)27-21-6-1-3-15-7-8-18(29)14-20(15)21/h1-6,13,16,18,29H,7-12,14H2,(H,27,30). The average Bonchev–Trinajstić information content (AvgIpc) is 2.73. The molecule has 4 rings (SSSR count). The van der Waals surface area contributed by atoms with Crippen LogP contribution in [0, 0.1) is 5.92 Å². The second-order valence-electron chi connectivity index (χ2n) is 8.14. The maximum absolute atomic E-state index is 12.9. The Balaban J connectivity index is 1.37. The molecule has 1 aliphatic carbocycles. The first kappa shape index (κ1) is 21.5. The lowest BCUT2D eigenvalue weighted by atomic mass is 9.88. The Morgan fingerprint density at radius 3 is 2.58 bits per heavy atom. The molecule has 1 heterocycles. The molecule has 1 unspecified atom stereocenters. The molecule has 1 saturated heterocycles. The van der Waals surface area contributed by atoms with E-state index >= 15 is 0 Å². The van der Waals surface area contributed by atoms with Crippen molar-refractivity contribution in [3.8, 4) is 5.75 Å². The summed E-state index contributed by atoms with van der Waals surface area (Å²) in [6, 6.07) is 11.7. The summed E-state index contributed by atoms with van der Waals surface area (Å²) in [6.45, 7) is 1.14. The van der Waals surface area contributed by atoms with Gasteiger partial charge in [0, 0.05) is 42.9 Å². The number of alkyl halides is 3. The minimum absolute atomic E-state index is 0.0535. The van der Waals surface area contributed by atoms with Crippen molar-refractivity contribution in [1.29, 1.82) is 0 Å². The molecule has 2 aromatic carbocycles. The summed E-state index contributed by atoms with van der Waals surface area (Å²) in [5.41, 5.74) is 3.58. The molecule has 2 N–H and O–H groups in total. The van der Waals surface area contributed by atoms with Gasteiger partial charge in [0.25, 0.3) is 0 Å². The van der Waals surface area contributed by atoms with E-state index in [0.717, 1.165) is 24.1 Å². The van der Waals surface area contributed by atoms with Crippen molar-refractivity contribution in [2.24, 2.45) is 5.92 Å². The third kappa shape index (κ3) is 5.31. The number of amides is 1. The van der Waals surface area contributed by atoms with Crippen molar-refractivity contribution in [2.45, 2.75) is 44.6 Å². The number of benzene rings is 2. The van der Waals surface area contributed by atoms with Crippen LogP contribution in [0.4, 0.5) is 24.5 Å². The molecule has 0 radical (unpaired) electrons. The Bertz CT molecular complexity index is 940. The molecular weight excluding hydrogens is 409 g/mol. The van der Waals surface area contributed by atoms with Gasteiger partial charge in [-0.3, -0.25) is 4.79 Å². The second kappa shape index (κ2) is 8.78. The van der Waals surface area contributed by atoms with Crippen molar-refractivity contribution < 1.29 is 27.8 Å². The summed E-state index contributed by atoms with van der Waals surface area (Å²) in [6.07, 6.45) is -1.82. The van der Waals surface area contributed by atoms with Gasteiger partial charge in [-0.1, -0.05) is 18.2 Å². The minimum atomic E-state index is -4.73. The number of nitrogens with zero attached hydrogens (tertiary/aromatic N) is 1. The zero-order chi connectivity index (χ0) is 22.0. The molecular formula is C23H25F3N2O3. The summed E-state index contributed by atoms with van der Waals surface area (Å²) in [5.74, 6) is -0.474. The fourth-order valence-corrected chi connectivity index (χ4v) is 4.40. The summed E-state index contributed by atoms with van der Waals surface area (Å²) in [4.78, 5) is 14.8. The van der Waals surface area contributed by atoms with E-state index in [1.165, 1.54) is 23.8 Å². The molecule has 1 amide bonds. The number of carbonyl (C=O) groups is 1. The quantitative estimate of drug-likeness (QED) is 0.754. The summed E-state index contributed by atoms with van der Waals surface area (Å²) >= 11 is 0. The number of rotatable bonds is 4. The average molecular weight is 434 g/mol. The van der Waals surface area contributed by atoms with Crippen molar-refractivity contribution in [2.75, 3.05) is 23.3 Å². The molecule has 1 fully saturated rings. The van der Waals surface area contributed by atoms with Crippen molar-refractivity contribution in [1.82, 2.24) is 0 Å². The first-order chi connectivity index (χ1) is 14.8. The lowest BCUT2D eigenvalue weighted by molar-refractivity contribution is -0.274. The number of aliphatic hydroxyl groups is 1. The fraction of sp³-hybridized carbons (Fsp3) is 0.435. The maximum Gasteiger partial charge on any atom is 0.573 e. The van der Waals surface area contributed by atoms with Crippen LogP contribution < -0.4 is 15.0 Å². The number of nitrogens with one attached hydrogen (secondary N) is 1. The van der Waals surface area contributed by atoms with Crippen LogP contribution in [-0.4, -0.2) is 36.6 Å². The highest BCUT2D eigenvalue weighted by Crippen LogP contribution is 2.31. The van der Waals surface area contributed by atoms with Gasteiger partial charge in [-0.25, -0.2) is 0 Å². The van der Waals surface area contributed by atoms with Gasteiger partial charge in [0.05, 0.1) is 6.10 Å². The number of piperidine rings is 1.